The van der Waals surface area contributed by atoms with Crippen LogP contribution in [-0.4, -0.2) is 23.0 Å². The first kappa shape index (κ1) is 19.6. The number of rotatable bonds is 5. The molecule has 8 nitrogen and oxygen atoms in total. The number of azo groups is 1. The Morgan fingerprint density at radius 1 is 1.36 bits per heavy atom. The number of ether oxygens (including phenoxy) is 1. The lowest BCUT2D eigenvalue weighted by atomic mass is 10.2. The Balaban J connectivity index is 1.82. The number of benzene rings is 1. The average Bonchev–Trinajstić information content (AvgIpc) is 3.22. The van der Waals surface area contributed by atoms with Crippen LogP contribution in [0.3, 0.4) is 0 Å². The Morgan fingerprint density at radius 3 is 2.89 bits per heavy atom. The van der Waals surface area contributed by atoms with Crippen LogP contribution >= 0.6 is 22.7 Å². The largest absolute Gasteiger partial charge is 0.497 e. The Bertz CT molecular complexity index is 1210. The molecule has 0 unspecified atom stereocenters. The molecule has 0 saturated heterocycles. The lowest BCUT2D eigenvalue weighted by Gasteiger charge is -2.02. The predicted octanol–water partition coefficient (Wildman–Crippen LogP) is 2.52. The fraction of sp³-hybridized carbons (Fsp3) is 0.167. The minimum absolute atomic E-state index is 0.191. The van der Waals surface area contributed by atoms with Crippen molar-refractivity contribution in [2.75, 3.05) is 12.4 Å². The van der Waals surface area contributed by atoms with Gasteiger partial charge in [0.2, 0.25) is 5.91 Å². The number of carbonyl (C=O) groups is 1. The van der Waals surface area contributed by atoms with Crippen LogP contribution in [0.15, 0.2) is 39.4 Å². The molecule has 2 N–H and O–H groups in total. The molecule has 3 aromatic rings. The van der Waals surface area contributed by atoms with Gasteiger partial charge in [-0.25, -0.2) is 4.98 Å². The molecule has 0 spiro atoms. The monoisotopic (exact) mass is 415 g/mol. The number of carbonyl (C=O) groups excluding carboxylic acids is 1. The Labute approximate surface area is 168 Å². The van der Waals surface area contributed by atoms with Gasteiger partial charge in [-0.15, -0.1) is 11.3 Å². The van der Waals surface area contributed by atoms with Crippen LogP contribution < -0.4 is 24.8 Å². The second kappa shape index (κ2) is 8.72. The van der Waals surface area contributed by atoms with Gasteiger partial charge in [0.05, 0.1) is 28.4 Å². The van der Waals surface area contributed by atoms with E-state index in [0.717, 1.165) is 21.9 Å². The van der Waals surface area contributed by atoms with Crippen molar-refractivity contribution in [3.8, 4) is 5.75 Å². The molecule has 1 aromatic carbocycles. The van der Waals surface area contributed by atoms with Crippen molar-refractivity contribution >= 4 is 51.7 Å². The fourth-order valence-corrected chi connectivity index (χ4v) is 3.91. The number of aromatic amines is 1. The summed E-state index contributed by atoms with van der Waals surface area (Å²) >= 11 is 2.55. The number of H-pyrrole nitrogens is 1. The van der Waals surface area contributed by atoms with Gasteiger partial charge in [-0.05, 0) is 36.8 Å². The number of hydrogen-bond donors (Lipinski definition) is 2. The third-order valence-electron chi connectivity index (χ3n) is 3.50. The summed E-state index contributed by atoms with van der Waals surface area (Å²) in [6, 6.07) is 5.50. The molecule has 0 aliphatic heterocycles. The van der Waals surface area contributed by atoms with Gasteiger partial charge in [-0.3, -0.25) is 9.59 Å². The molecule has 1 amide bonds. The molecule has 0 saturated carbocycles. The highest BCUT2D eigenvalue weighted by Gasteiger charge is 2.03. The highest BCUT2D eigenvalue weighted by molar-refractivity contribution is 7.16. The van der Waals surface area contributed by atoms with E-state index in [1.807, 2.05) is 25.1 Å². The first-order chi connectivity index (χ1) is 13.4. The van der Waals surface area contributed by atoms with Crippen LogP contribution in [0, 0.1) is 6.92 Å². The molecule has 0 bridgehead atoms. The van der Waals surface area contributed by atoms with Crippen LogP contribution in [0.2, 0.25) is 0 Å². The second-order valence-corrected chi connectivity index (χ2v) is 7.82. The van der Waals surface area contributed by atoms with E-state index in [9.17, 15) is 9.59 Å². The van der Waals surface area contributed by atoms with E-state index < -0.39 is 0 Å². The van der Waals surface area contributed by atoms with Crippen molar-refractivity contribution in [1.82, 2.24) is 9.97 Å². The van der Waals surface area contributed by atoms with Crippen LogP contribution in [0.4, 0.5) is 10.8 Å². The molecule has 2 heterocycles. The highest BCUT2D eigenvalue weighted by atomic mass is 32.1. The maximum absolute atomic E-state index is 12.1. The molecule has 10 heteroatoms. The van der Waals surface area contributed by atoms with E-state index in [4.69, 9.17) is 4.74 Å². The average molecular weight is 416 g/mol. The van der Waals surface area contributed by atoms with E-state index in [2.05, 4.69) is 25.5 Å². The summed E-state index contributed by atoms with van der Waals surface area (Å²) in [5.41, 5.74) is 1.44. The zero-order valence-corrected chi connectivity index (χ0v) is 17.0. The molecule has 28 heavy (non-hydrogen) atoms. The number of thiazole rings is 2. The van der Waals surface area contributed by atoms with Crippen molar-refractivity contribution < 1.29 is 9.53 Å². The van der Waals surface area contributed by atoms with E-state index in [-0.39, 0.29) is 11.5 Å². The molecule has 3 rings (SSSR count). The number of aromatic nitrogens is 2. The number of aryl methyl sites for hydroxylation is 1. The van der Waals surface area contributed by atoms with Crippen molar-refractivity contribution in [2.24, 2.45) is 10.2 Å². The number of methoxy groups -OCH3 is 1. The quantitative estimate of drug-likeness (QED) is 0.624. The number of nitrogens with zero attached hydrogens (tertiary/aromatic N) is 3. The van der Waals surface area contributed by atoms with Crippen LogP contribution in [0.25, 0.3) is 12.3 Å². The van der Waals surface area contributed by atoms with Gasteiger partial charge in [-0.1, -0.05) is 11.3 Å². The molecule has 0 aliphatic carbocycles. The molecular weight excluding hydrogens is 398 g/mol. The number of hydrogen-bond acceptors (Lipinski definition) is 8. The van der Waals surface area contributed by atoms with Gasteiger partial charge in [0, 0.05) is 13.1 Å². The maximum Gasteiger partial charge on any atom is 0.266 e. The zero-order chi connectivity index (χ0) is 20.1. The van der Waals surface area contributed by atoms with Gasteiger partial charge in [0.1, 0.15) is 10.4 Å². The van der Waals surface area contributed by atoms with Gasteiger partial charge in [0.15, 0.2) is 5.13 Å². The summed E-state index contributed by atoms with van der Waals surface area (Å²) in [4.78, 5) is 30.8. The molecule has 0 radical (unpaired) electrons. The van der Waals surface area contributed by atoms with E-state index in [0.29, 0.717) is 14.3 Å². The topological polar surface area (TPSA) is 109 Å². The van der Waals surface area contributed by atoms with Gasteiger partial charge in [0.25, 0.3) is 5.56 Å². The third kappa shape index (κ3) is 4.99. The first-order valence-electron chi connectivity index (χ1n) is 8.14. The standard InChI is InChI=1S/C18H17N5O3S2/c1-10-6-12(26-3)4-5-14(10)23-20-9-16-22-17(25)15(28-16)7-13-8-19-18(27-13)21-11(2)24/h4-9H,1-3H3,(H,22,25)(H,19,21,24). The molecule has 0 aliphatic rings. The highest BCUT2D eigenvalue weighted by Crippen LogP contribution is 2.23. The molecule has 0 fully saturated rings. The van der Waals surface area contributed by atoms with Crippen LogP contribution in [-0.2, 0) is 4.79 Å². The van der Waals surface area contributed by atoms with Crippen molar-refractivity contribution in [2.45, 2.75) is 13.8 Å². The SMILES string of the molecule is COc1ccc(N=NC=c2[nH]c(=O)c(=Cc3cnc(NC(C)=O)s3)s2)c(C)c1. The third-order valence-corrected chi connectivity index (χ3v) is 5.32. The zero-order valence-electron chi connectivity index (χ0n) is 15.3. The molecule has 144 valence electrons. The van der Waals surface area contributed by atoms with Crippen LogP contribution in [0.5, 0.6) is 5.75 Å². The van der Waals surface area contributed by atoms with Crippen LogP contribution in [0.1, 0.15) is 17.4 Å². The maximum atomic E-state index is 12.1. The summed E-state index contributed by atoms with van der Waals surface area (Å²) in [5.74, 6) is 0.567. The fourth-order valence-electron chi connectivity index (χ4n) is 2.22. The normalized spacial score (nSPS) is 12.7. The second-order valence-electron chi connectivity index (χ2n) is 5.67. The van der Waals surface area contributed by atoms with Gasteiger partial charge in [-0.2, -0.15) is 10.2 Å². The molecule has 0 atom stereocenters. The van der Waals surface area contributed by atoms with Crippen molar-refractivity contribution in [1.29, 1.82) is 0 Å². The Kier molecular flexibility index (Phi) is 6.12. The lowest BCUT2D eigenvalue weighted by Crippen LogP contribution is -2.19. The first-order valence-corrected chi connectivity index (χ1v) is 9.78. The van der Waals surface area contributed by atoms with E-state index in [1.165, 1.54) is 35.8 Å². The minimum Gasteiger partial charge on any atom is -0.497 e. The number of amides is 1. The number of anilines is 1. The Morgan fingerprint density at radius 2 is 2.18 bits per heavy atom. The van der Waals surface area contributed by atoms with Gasteiger partial charge < -0.3 is 15.0 Å². The minimum atomic E-state index is -0.221. The van der Waals surface area contributed by atoms with E-state index >= 15 is 0 Å². The Hall–Kier alpha value is -3.11. The van der Waals surface area contributed by atoms with Crippen molar-refractivity contribution in [3.05, 3.63) is 54.4 Å². The number of nitrogens with one attached hydrogen (secondary N) is 2. The predicted molar refractivity (Wildman–Crippen MR) is 111 cm³/mol. The lowest BCUT2D eigenvalue weighted by molar-refractivity contribution is -0.114. The molecular formula is C18H17N5O3S2. The summed E-state index contributed by atoms with van der Waals surface area (Å²) < 4.78 is 6.26. The molecule has 2 aromatic heterocycles. The summed E-state index contributed by atoms with van der Waals surface area (Å²) in [5, 5.41) is 11.3. The van der Waals surface area contributed by atoms with Crippen molar-refractivity contribution in [3.63, 3.8) is 0 Å². The van der Waals surface area contributed by atoms with Gasteiger partial charge >= 0.3 is 0 Å². The smallest absolute Gasteiger partial charge is 0.266 e. The summed E-state index contributed by atoms with van der Waals surface area (Å²) in [6.45, 7) is 3.33. The summed E-state index contributed by atoms with van der Waals surface area (Å²) in [7, 11) is 1.61. The van der Waals surface area contributed by atoms with E-state index in [1.54, 1.807) is 19.4 Å². The summed E-state index contributed by atoms with van der Waals surface area (Å²) in [6.07, 6.45) is 4.82.